The zero-order valence-corrected chi connectivity index (χ0v) is 14.7. The Morgan fingerprint density at radius 3 is 2.32 bits per heavy atom. The van der Waals surface area contributed by atoms with Crippen LogP contribution in [0.4, 0.5) is 4.39 Å². The normalized spacial score (nSPS) is 12.7. The predicted octanol–water partition coefficient (Wildman–Crippen LogP) is 3.35. The Hall–Kier alpha value is 0.0200. The van der Waals surface area contributed by atoms with Crippen molar-refractivity contribution in [1.82, 2.24) is 4.72 Å². The highest BCUT2D eigenvalue weighted by molar-refractivity contribution is 9.09. The van der Waals surface area contributed by atoms with Crippen LogP contribution in [0.3, 0.4) is 0 Å². The van der Waals surface area contributed by atoms with Gasteiger partial charge in [-0.2, -0.15) is 0 Å². The van der Waals surface area contributed by atoms with Crippen LogP contribution in [0.5, 0.6) is 0 Å². The van der Waals surface area contributed by atoms with E-state index in [1.807, 2.05) is 6.92 Å². The fourth-order valence-corrected chi connectivity index (χ4v) is 5.68. The summed E-state index contributed by atoms with van der Waals surface area (Å²) in [6.07, 6.45) is 0.628. The molecule has 0 unspecified atom stereocenters. The third-order valence-electron chi connectivity index (χ3n) is 2.97. The molecular weight excluding hydrogens is 401 g/mol. The van der Waals surface area contributed by atoms with Gasteiger partial charge in [0.1, 0.15) is 5.82 Å². The number of alkyl halides is 2. The minimum atomic E-state index is -3.68. The molecule has 0 aliphatic carbocycles. The highest BCUT2D eigenvalue weighted by Crippen LogP contribution is 2.23. The van der Waals surface area contributed by atoms with E-state index in [0.29, 0.717) is 22.6 Å². The van der Waals surface area contributed by atoms with Crippen molar-refractivity contribution in [2.24, 2.45) is 0 Å². The van der Waals surface area contributed by atoms with E-state index in [4.69, 9.17) is 0 Å². The largest absolute Gasteiger partial charge is 0.241 e. The average molecular weight is 417 g/mol. The molecule has 1 aromatic carbocycles. The minimum absolute atomic E-state index is 0.105. The molecule has 0 aliphatic heterocycles. The van der Waals surface area contributed by atoms with Crippen LogP contribution in [-0.2, 0) is 10.0 Å². The lowest BCUT2D eigenvalue weighted by atomic mass is 10.0. The Bertz CT molecular complexity index is 536. The first-order valence-electron chi connectivity index (χ1n) is 5.72. The van der Waals surface area contributed by atoms with Crippen LogP contribution in [0.15, 0.2) is 23.1 Å². The van der Waals surface area contributed by atoms with Crippen molar-refractivity contribution >= 4 is 41.9 Å². The number of nitrogens with one attached hydrogen (secondary N) is 1. The Kier molecular flexibility index (Phi) is 5.97. The summed E-state index contributed by atoms with van der Waals surface area (Å²) in [7, 11) is -3.68. The van der Waals surface area contributed by atoms with Gasteiger partial charge < -0.3 is 0 Å². The number of hydrogen-bond acceptors (Lipinski definition) is 2. The summed E-state index contributed by atoms with van der Waals surface area (Å²) in [5, 5.41) is 0.975. The van der Waals surface area contributed by atoms with Crippen LogP contribution in [0.25, 0.3) is 0 Å². The van der Waals surface area contributed by atoms with Gasteiger partial charge in [0.25, 0.3) is 0 Å². The van der Waals surface area contributed by atoms with E-state index >= 15 is 0 Å². The lowest BCUT2D eigenvalue weighted by molar-refractivity contribution is 0.459. The van der Waals surface area contributed by atoms with Gasteiger partial charge in [-0.15, -0.1) is 0 Å². The summed E-state index contributed by atoms with van der Waals surface area (Å²) in [6, 6.07) is 3.65. The summed E-state index contributed by atoms with van der Waals surface area (Å²) >= 11 is 6.66. The second kappa shape index (κ2) is 6.65. The monoisotopic (exact) mass is 415 g/mol. The molecule has 19 heavy (non-hydrogen) atoms. The van der Waals surface area contributed by atoms with Crippen LogP contribution >= 0.6 is 31.9 Å². The molecule has 0 bridgehead atoms. The molecular formula is C12H16Br2FNO2S. The van der Waals surface area contributed by atoms with Gasteiger partial charge in [0.2, 0.25) is 10.0 Å². The lowest BCUT2D eigenvalue weighted by Gasteiger charge is -2.29. The van der Waals surface area contributed by atoms with Gasteiger partial charge in [0.05, 0.1) is 10.4 Å². The Labute approximate surface area is 130 Å². The number of sulfonamides is 1. The Balaban J connectivity index is 3.17. The topological polar surface area (TPSA) is 46.2 Å². The van der Waals surface area contributed by atoms with Gasteiger partial charge >= 0.3 is 0 Å². The number of hydrogen-bond donors (Lipinski definition) is 1. The van der Waals surface area contributed by atoms with Gasteiger partial charge in [-0.1, -0.05) is 38.8 Å². The van der Waals surface area contributed by atoms with Crippen LogP contribution in [0.1, 0.15) is 18.9 Å². The summed E-state index contributed by atoms with van der Waals surface area (Å²) in [5.41, 5.74) is -0.207. The molecule has 0 fully saturated rings. The molecule has 1 N–H and O–H groups in total. The van der Waals surface area contributed by atoms with E-state index in [1.165, 1.54) is 12.1 Å². The van der Waals surface area contributed by atoms with Crippen molar-refractivity contribution in [2.75, 3.05) is 10.7 Å². The summed E-state index contributed by atoms with van der Waals surface area (Å²) in [4.78, 5) is 0.105. The molecule has 0 saturated heterocycles. The molecule has 0 aromatic heterocycles. The quantitative estimate of drug-likeness (QED) is 0.722. The van der Waals surface area contributed by atoms with Crippen molar-refractivity contribution in [3.63, 3.8) is 0 Å². The van der Waals surface area contributed by atoms with Crippen molar-refractivity contribution in [3.05, 3.63) is 29.6 Å². The zero-order valence-electron chi connectivity index (χ0n) is 10.7. The maximum absolute atomic E-state index is 13.0. The van der Waals surface area contributed by atoms with Crippen LogP contribution < -0.4 is 4.72 Å². The van der Waals surface area contributed by atoms with E-state index in [9.17, 15) is 12.8 Å². The molecule has 0 atom stereocenters. The summed E-state index contributed by atoms with van der Waals surface area (Å²) in [5.74, 6) is -0.445. The molecule has 0 saturated carbocycles. The van der Waals surface area contributed by atoms with Crippen LogP contribution in [-0.4, -0.2) is 24.6 Å². The van der Waals surface area contributed by atoms with E-state index in [-0.39, 0.29) is 4.90 Å². The molecule has 1 aromatic rings. The molecule has 0 radical (unpaired) electrons. The molecule has 0 aliphatic rings. The number of aryl methyl sites for hydroxylation is 1. The van der Waals surface area contributed by atoms with Gasteiger partial charge in [-0.25, -0.2) is 17.5 Å². The molecule has 3 nitrogen and oxygen atoms in total. The van der Waals surface area contributed by atoms with E-state index in [0.717, 1.165) is 6.07 Å². The van der Waals surface area contributed by atoms with Crippen molar-refractivity contribution in [3.8, 4) is 0 Å². The Morgan fingerprint density at radius 1 is 1.32 bits per heavy atom. The smallest absolute Gasteiger partial charge is 0.207 e. The number of rotatable bonds is 6. The fraction of sp³-hybridized carbons (Fsp3) is 0.500. The Morgan fingerprint density at radius 2 is 1.89 bits per heavy atom. The molecule has 108 valence electrons. The lowest BCUT2D eigenvalue weighted by Crippen LogP contribution is -2.51. The minimum Gasteiger partial charge on any atom is -0.207 e. The maximum Gasteiger partial charge on any atom is 0.241 e. The maximum atomic E-state index is 13.0. The average Bonchev–Trinajstić information content (AvgIpc) is 2.35. The predicted molar refractivity (Wildman–Crippen MR) is 82.1 cm³/mol. The van der Waals surface area contributed by atoms with E-state index in [2.05, 4.69) is 36.6 Å². The molecule has 0 amide bonds. The highest BCUT2D eigenvalue weighted by Gasteiger charge is 2.32. The van der Waals surface area contributed by atoms with Crippen molar-refractivity contribution in [2.45, 2.75) is 30.7 Å². The fourth-order valence-electron chi connectivity index (χ4n) is 1.61. The van der Waals surface area contributed by atoms with Gasteiger partial charge in [-0.3, -0.25) is 0 Å². The van der Waals surface area contributed by atoms with Gasteiger partial charge in [0.15, 0.2) is 0 Å². The first-order valence-corrected chi connectivity index (χ1v) is 9.45. The number of benzene rings is 1. The highest BCUT2D eigenvalue weighted by atomic mass is 79.9. The molecule has 0 heterocycles. The van der Waals surface area contributed by atoms with Gasteiger partial charge in [0, 0.05) is 10.7 Å². The first kappa shape index (κ1) is 17.1. The van der Waals surface area contributed by atoms with Gasteiger partial charge in [-0.05, 0) is 37.1 Å². The van der Waals surface area contributed by atoms with E-state index < -0.39 is 21.4 Å². The van der Waals surface area contributed by atoms with Crippen LogP contribution in [0.2, 0.25) is 0 Å². The SMILES string of the molecule is CCC(CBr)(CBr)NS(=O)(=O)c1ccc(F)cc1C. The second-order valence-corrected chi connectivity index (χ2v) is 7.19. The third kappa shape index (κ3) is 4.00. The molecule has 1 rings (SSSR count). The van der Waals surface area contributed by atoms with Crippen molar-refractivity contribution in [1.29, 1.82) is 0 Å². The third-order valence-corrected chi connectivity index (χ3v) is 6.85. The van der Waals surface area contributed by atoms with Crippen molar-refractivity contribution < 1.29 is 12.8 Å². The molecule has 7 heteroatoms. The first-order chi connectivity index (χ1) is 8.80. The standard InChI is InChI=1S/C12H16Br2FNO2S/c1-3-12(7-13,8-14)16-19(17,18)11-5-4-10(15)6-9(11)2/h4-6,16H,3,7-8H2,1-2H3. The van der Waals surface area contributed by atoms with Crippen LogP contribution in [0, 0.1) is 12.7 Å². The second-order valence-electron chi connectivity index (χ2n) is 4.42. The van der Waals surface area contributed by atoms with E-state index in [1.54, 1.807) is 6.92 Å². The summed E-state index contributed by atoms with van der Waals surface area (Å²) in [6.45, 7) is 3.48. The molecule has 0 spiro atoms. The summed E-state index contributed by atoms with van der Waals surface area (Å²) < 4.78 is 40.5. The zero-order chi connectivity index (χ0) is 14.7. The number of halogens is 3.